The molecule has 9 heteroatoms. The van der Waals surface area contributed by atoms with Crippen molar-refractivity contribution in [1.29, 1.82) is 0 Å². The van der Waals surface area contributed by atoms with E-state index in [9.17, 15) is 31.8 Å². The van der Waals surface area contributed by atoms with Gasteiger partial charge in [0.15, 0.2) is 17.5 Å². The van der Waals surface area contributed by atoms with Gasteiger partial charge in [-0.1, -0.05) is 0 Å². The van der Waals surface area contributed by atoms with Crippen LogP contribution in [-0.4, -0.2) is 48.2 Å². The first kappa shape index (κ1) is 14.3. The quantitative estimate of drug-likeness (QED) is 0.743. The molecular formula is C10H10F3NO4S. The maximum atomic E-state index is 13.5. The number of halogens is 3. The van der Waals surface area contributed by atoms with Gasteiger partial charge >= 0.3 is 0 Å². The summed E-state index contributed by atoms with van der Waals surface area (Å²) in [5.41, 5.74) is 0. The summed E-state index contributed by atoms with van der Waals surface area (Å²) in [7, 11) is -4.44. The Balaban J connectivity index is 2.44. The second-order valence-electron chi connectivity index (χ2n) is 4.13. The zero-order valence-corrected chi connectivity index (χ0v) is 10.2. The SMILES string of the molecule is O=S(=O)(c1ccc(F)c(F)c1F)N1C[C@@H](O)[C@@H](O)C1. The molecule has 0 amide bonds. The molecule has 19 heavy (non-hydrogen) atoms. The van der Waals surface area contributed by atoms with E-state index in [4.69, 9.17) is 0 Å². The first-order valence-corrected chi connectivity index (χ1v) is 6.69. The Morgan fingerprint density at radius 3 is 2.11 bits per heavy atom. The number of benzene rings is 1. The van der Waals surface area contributed by atoms with Crippen molar-refractivity contribution in [1.82, 2.24) is 4.31 Å². The number of aliphatic hydroxyl groups is 2. The van der Waals surface area contributed by atoms with Crippen molar-refractivity contribution in [2.45, 2.75) is 17.1 Å². The average molecular weight is 297 g/mol. The van der Waals surface area contributed by atoms with Gasteiger partial charge in [0, 0.05) is 13.1 Å². The molecule has 1 aliphatic heterocycles. The number of nitrogens with zero attached hydrogens (tertiary/aromatic N) is 1. The third-order valence-electron chi connectivity index (χ3n) is 2.84. The third-order valence-corrected chi connectivity index (χ3v) is 4.69. The van der Waals surface area contributed by atoms with Crippen molar-refractivity contribution < 1.29 is 31.8 Å². The molecule has 0 spiro atoms. The molecule has 1 saturated heterocycles. The largest absolute Gasteiger partial charge is 0.389 e. The lowest BCUT2D eigenvalue weighted by atomic mass is 10.3. The molecule has 1 heterocycles. The molecule has 106 valence electrons. The number of sulfonamides is 1. The highest BCUT2D eigenvalue weighted by atomic mass is 32.2. The number of hydrogen-bond donors (Lipinski definition) is 2. The van der Waals surface area contributed by atoms with Gasteiger partial charge in [-0.3, -0.25) is 0 Å². The molecule has 0 unspecified atom stereocenters. The molecule has 0 saturated carbocycles. The molecule has 0 aliphatic carbocycles. The Morgan fingerprint density at radius 1 is 1.05 bits per heavy atom. The fraction of sp³-hybridized carbons (Fsp3) is 0.400. The molecule has 1 aromatic rings. The van der Waals surface area contributed by atoms with Crippen molar-refractivity contribution in [2.75, 3.05) is 13.1 Å². The minimum Gasteiger partial charge on any atom is -0.389 e. The summed E-state index contributed by atoms with van der Waals surface area (Å²) in [4.78, 5) is -1.03. The summed E-state index contributed by atoms with van der Waals surface area (Å²) in [6, 6.07) is 1.09. The molecule has 5 nitrogen and oxygen atoms in total. The first-order chi connectivity index (χ1) is 8.75. The summed E-state index contributed by atoms with van der Waals surface area (Å²) in [5, 5.41) is 18.5. The lowest BCUT2D eigenvalue weighted by Crippen LogP contribution is -2.31. The summed E-state index contributed by atoms with van der Waals surface area (Å²) < 4.78 is 63.8. The lowest BCUT2D eigenvalue weighted by molar-refractivity contribution is 0.0572. The normalized spacial score (nSPS) is 24.9. The lowest BCUT2D eigenvalue weighted by Gasteiger charge is -2.16. The third kappa shape index (κ3) is 2.34. The fourth-order valence-electron chi connectivity index (χ4n) is 1.78. The zero-order chi connectivity index (χ0) is 14.4. The molecule has 0 aromatic heterocycles. The molecule has 1 fully saturated rings. The van der Waals surface area contributed by atoms with Crippen LogP contribution in [0.1, 0.15) is 0 Å². The van der Waals surface area contributed by atoms with Gasteiger partial charge in [-0.25, -0.2) is 21.6 Å². The van der Waals surface area contributed by atoms with Crippen molar-refractivity contribution in [3.8, 4) is 0 Å². The minimum absolute atomic E-state index is 0.443. The number of hydrogen-bond acceptors (Lipinski definition) is 4. The highest BCUT2D eigenvalue weighted by Gasteiger charge is 2.39. The first-order valence-electron chi connectivity index (χ1n) is 5.25. The monoisotopic (exact) mass is 297 g/mol. The van der Waals surface area contributed by atoms with Crippen LogP contribution in [0.3, 0.4) is 0 Å². The van der Waals surface area contributed by atoms with Gasteiger partial charge in [-0.15, -0.1) is 0 Å². The van der Waals surface area contributed by atoms with Crippen molar-refractivity contribution >= 4 is 10.0 Å². The zero-order valence-electron chi connectivity index (χ0n) is 9.42. The van der Waals surface area contributed by atoms with Gasteiger partial charge in [0.05, 0.1) is 12.2 Å². The highest BCUT2D eigenvalue weighted by molar-refractivity contribution is 7.89. The Morgan fingerprint density at radius 2 is 1.58 bits per heavy atom. The smallest absolute Gasteiger partial charge is 0.246 e. The van der Waals surface area contributed by atoms with Crippen LogP contribution in [0.15, 0.2) is 17.0 Å². The summed E-state index contributed by atoms with van der Waals surface area (Å²) >= 11 is 0. The minimum atomic E-state index is -4.44. The number of rotatable bonds is 2. The molecule has 0 radical (unpaired) electrons. The van der Waals surface area contributed by atoms with E-state index in [1.807, 2.05) is 0 Å². The van der Waals surface area contributed by atoms with Crippen molar-refractivity contribution in [3.63, 3.8) is 0 Å². The van der Waals surface area contributed by atoms with Crippen LogP contribution in [0, 0.1) is 17.5 Å². The Bertz CT molecular complexity index is 597. The molecule has 2 rings (SSSR count). The van der Waals surface area contributed by atoms with Crippen LogP contribution in [0.5, 0.6) is 0 Å². The maximum Gasteiger partial charge on any atom is 0.246 e. The fourth-order valence-corrected chi connectivity index (χ4v) is 3.31. The molecule has 0 bridgehead atoms. The van der Waals surface area contributed by atoms with Crippen molar-refractivity contribution in [2.24, 2.45) is 0 Å². The van der Waals surface area contributed by atoms with E-state index in [0.717, 1.165) is 0 Å². The van der Waals surface area contributed by atoms with Gasteiger partial charge < -0.3 is 10.2 Å². The summed E-state index contributed by atoms with van der Waals surface area (Å²) in [6.45, 7) is -0.885. The molecule has 1 aromatic carbocycles. The average Bonchev–Trinajstić information content (AvgIpc) is 2.67. The van der Waals surface area contributed by atoms with Gasteiger partial charge in [-0.05, 0) is 12.1 Å². The number of β-amino-alcohol motifs (C(OH)–C–C–N with tert-alkyl or cyclic N) is 2. The predicted octanol–water partition coefficient (Wildman–Crippen LogP) is -0.170. The standard InChI is InChI=1S/C10H10F3NO4S/c11-5-1-2-8(10(13)9(5)12)19(17,18)14-3-6(15)7(16)4-14/h1-2,6-7,15-16H,3-4H2/t6-,7+. The van der Waals surface area contributed by atoms with Crippen LogP contribution in [-0.2, 0) is 10.0 Å². The van der Waals surface area contributed by atoms with E-state index in [1.54, 1.807) is 0 Å². The highest BCUT2D eigenvalue weighted by Crippen LogP contribution is 2.25. The van der Waals surface area contributed by atoms with Gasteiger partial charge in [0.2, 0.25) is 10.0 Å². The van der Waals surface area contributed by atoms with Crippen LogP contribution in [0.25, 0.3) is 0 Å². The van der Waals surface area contributed by atoms with Crippen LogP contribution >= 0.6 is 0 Å². The van der Waals surface area contributed by atoms with Gasteiger partial charge in [0.25, 0.3) is 0 Å². The second-order valence-corrected chi connectivity index (χ2v) is 6.04. The second kappa shape index (κ2) is 4.75. The van der Waals surface area contributed by atoms with E-state index in [1.165, 1.54) is 0 Å². The van der Waals surface area contributed by atoms with Crippen LogP contribution < -0.4 is 0 Å². The Labute approximate surface area is 106 Å². The topological polar surface area (TPSA) is 77.8 Å². The van der Waals surface area contributed by atoms with E-state index in [2.05, 4.69) is 0 Å². The van der Waals surface area contributed by atoms with E-state index in [0.29, 0.717) is 16.4 Å². The van der Waals surface area contributed by atoms with Crippen LogP contribution in [0.4, 0.5) is 13.2 Å². The molecule has 2 atom stereocenters. The van der Waals surface area contributed by atoms with E-state index >= 15 is 0 Å². The van der Waals surface area contributed by atoms with Crippen molar-refractivity contribution in [3.05, 3.63) is 29.6 Å². The maximum absolute atomic E-state index is 13.5. The van der Waals surface area contributed by atoms with Gasteiger partial charge in [0.1, 0.15) is 4.90 Å². The van der Waals surface area contributed by atoms with Crippen LogP contribution in [0.2, 0.25) is 0 Å². The van der Waals surface area contributed by atoms with E-state index in [-0.39, 0.29) is 0 Å². The predicted molar refractivity (Wildman–Crippen MR) is 57.1 cm³/mol. The summed E-state index contributed by atoms with van der Waals surface area (Å²) in [6.07, 6.45) is -2.61. The Kier molecular flexibility index (Phi) is 3.56. The molecule has 1 aliphatic rings. The summed E-state index contributed by atoms with van der Waals surface area (Å²) in [5.74, 6) is -5.21. The van der Waals surface area contributed by atoms with E-state index < -0.39 is 57.7 Å². The number of aliphatic hydroxyl groups excluding tert-OH is 2. The van der Waals surface area contributed by atoms with Gasteiger partial charge in [-0.2, -0.15) is 4.31 Å². The Hall–Kier alpha value is -1.16. The molecular weight excluding hydrogens is 287 g/mol. The molecule has 2 N–H and O–H groups in total.